The summed E-state index contributed by atoms with van der Waals surface area (Å²) in [5.74, 6) is 0.917. The van der Waals surface area contributed by atoms with Gasteiger partial charge < -0.3 is 4.74 Å². The molecule has 0 spiro atoms. The maximum absolute atomic E-state index is 5.05. The van der Waals surface area contributed by atoms with E-state index in [-0.39, 0.29) is 0 Å². The molecule has 60 valence electrons. The van der Waals surface area contributed by atoms with Crippen LogP contribution in [0.2, 0.25) is 0 Å². The fourth-order valence-electron chi connectivity index (χ4n) is 0.593. The standard InChI is InChI=1S/C5H9NO.C3H8/c1-2-5-6-3-4-7-5;1-3-2/h2-4H2,1H3;3H2,1-2H3. The third-order valence-electron chi connectivity index (χ3n) is 0.951. The van der Waals surface area contributed by atoms with E-state index in [0.717, 1.165) is 25.5 Å². The van der Waals surface area contributed by atoms with Crippen LogP contribution in [0, 0.1) is 0 Å². The fourth-order valence-corrected chi connectivity index (χ4v) is 0.593. The molecule has 0 saturated heterocycles. The molecule has 1 rings (SSSR count). The summed E-state index contributed by atoms with van der Waals surface area (Å²) < 4.78 is 5.05. The quantitative estimate of drug-likeness (QED) is 0.551. The minimum absolute atomic E-state index is 0.795. The van der Waals surface area contributed by atoms with Crippen molar-refractivity contribution in [2.75, 3.05) is 13.2 Å². The minimum Gasteiger partial charge on any atom is -0.479 e. The molecule has 0 aromatic rings. The molecule has 1 aliphatic heterocycles. The average Bonchev–Trinajstić information content (AvgIpc) is 2.39. The summed E-state index contributed by atoms with van der Waals surface area (Å²) in [5.41, 5.74) is 0. The molecule has 2 heteroatoms. The van der Waals surface area contributed by atoms with Gasteiger partial charge in [-0.2, -0.15) is 0 Å². The van der Waals surface area contributed by atoms with Crippen molar-refractivity contribution in [1.29, 1.82) is 0 Å². The van der Waals surface area contributed by atoms with Crippen LogP contribution in [0.15, 0.2) is 4.99 Å². The molecule has 0 aromatic carbocycles. The van der Waals surface area contributed by atoms with Crippen LogP contribution in [-0.2, 0) is 4.74 Å². The van der Waals surface area contributed by atoms with Gasteiger partial charge in [-0.1, -0.05) is 27.2 Å². The van der Waals surface area contributed by atoms with Crippen molar-refractivity contribution in [2.24, 2.45) is 4.99 Å². The van der Waals surface area contributed by atoms with Gasteiger partial charge in [-0.05, 0) is 0 Å². The number of aliphatic imine (C=N–C) groups is 1. The van der Waals surface area contributed by atoms with E-state index >= 15 is 0 Å². The summed E-state index contributed by atoms with van der Waals surface area (Å²) >= 11 is 0. The Morgan fingerprint density at radius 2 is 2.00 bits per heavy atom. The highest BCUT2D eigenvalue weighted by Gasteiger charge is 2.01. The van der Waals surface area contributed by atoms with E-state index in [9.17, 15) is 0 Å². The topological polar surface area (TPSA) is 21.6 Å². The Morgan fingerprint density at radius 3 is 2.20 bits per heavy atom. The van der Waals surface area contributed by atoms with Crippen LogP contribution >= 0.6 is 0 Å². The van der Waals surface area contributed by atoms with Crippen molar-refractivity contribution in [2.45, 2.75) is 33.6 Å². The molecule has 1 aliphatic rings. The van der Waals surface area contributed by atoms with Crippen molar-refractivity contribution in [1.82, 2.24) is 0 Å². The summed E-state index contributed by atoms with van der Waals surface area (Å²) in [5, 5.41) is 0. The zero-order chi connectivity index (χ0) is 7.82. The summed E-state index contributed by atoms with van der Waals surface area (Å²) in [4.78, 5) is 4.05. The lowest BCUT2D eigenvalue weighted by Crippen LogP contribution is -1.94. The monoisotopic (exact) mass is 143 g/mol. The van der Waals surface area contributed by atoms with Crippen LogP contribution in [0.3, 0.4) is 0 Å². The van der Waals surface area contributed by atoms with Gasteiger partial charge in [0.2, 0.25) is 0 Å². The van der Waals surface area contributed by atoms with Crippen LogP contribution in [-0.4, -0.2) is 19.0 Å². The summed E-state index contributed by atoms with van der Waals surface area (Å²) in [6.07, 6.45) is 2.19. The highest BCUT2D eigenvalue weighted by molar-refractivity contribution is 5.76. The normalized spacial score (nSPS) is 14.9. The van der Waals surface area contributed by atoms with E-state index in [1.807, 2.05) is 6.92 Å². The van der Waals surface area contributed by atoms with E-state index < -0.39 is 0 Å². The molecule has 1 heterocycles. The Morgan fingerprint density at radius 1 is 1.40 bits per heavy atom. The van der Waals surface area contributed by atoms with Crippen LogP contribution in [0.4, 0.5) is 0 Å². The minimum atomic E-state index is 0.795. The van der Waals surface area contributed by atoms with E-state index in [2.05, 4.69) is 18.8 Å². The SMILES string of the molecule is CCC.CCC1=NCCO1. The molecule has 0 fully saturated rings. The first-order valence-electron chi connectivity index (χ1n) is 4.01. The fraction of sp³-hybridized carbons (Fsp3) is 0.875. The van der Waals surface area contributed by atoms with E-state index in [4.69, 9.17) is 4.74 Å². The van der Waals surface area contributed by atoms with Gasteiger partial charge in [0, 0.05) is 6.42 Å². The Kier molecular flexibility index (Phi) is 6.24. The predicted octanol–water partition coefficient (Wildman–Crippen LogP) is 2.24. The van der Waals surface area contributed by atoms with Crippen LogP contribution in [0.25, 0.3) is 0 Å². The van der Waals surface area contributed by atoms with Gasteiger partial charge in [0.05, 0.1) is 6.54 Å². The van der Waals surface area contributed by atoms with Crippen molar-refractivity contribution < 1.29 is 4.74 Å². The zero-order valence-electron chi connectivity index (χ0n) is 7.18. The molecule has 10 heavy (non-hydrogen) atoms. The Balaban J connectivity index is 0.000000236. The first-order chi connectivity index (χ1) is 4.85. The van der Waals surface area contributed by atoms with Crippen LogP contribution in [0.5, 0.6) is 0 Å². The average molecular weight is 143 g/mol. The molecule has 0 aliphatic carbocycles. The molecule has 0 bridgehead atoms. The Hall–Kier alpha value is -0.530. The Bertz CT molecular complexity index is 99.4. The second-order valence-corrected chi connectivity index (χ2v) is 2.18. The number of ether oxygens (including phenoxy) is 1. The first kappa shape index (κ1) is 9.47. The van der Waals surface area contributed by atoms with Crippen molar-refractivity contribution >= 4 is 5.90 Å². The summed E-state index contributed by atoms with van der Waals surface area (Å²) in [6.45, 7) is 7.95. The summed E-state index contributed by atoms with van der Waals surface area (Å²) in [6, 6.07) is 0. The smallest absolute Gasteiger partial charge is 0.183 e. The van der Waals surface area contributed by atoms with E-state index in [1.165, 1.54) is 6.42 Å². The van der Waals surface area contributed by atoms with E-state index in [1.54, 1.807) is 0 Å². The highest BCUT2D eigenvalue weighted by atomic mass is 16.5. The molecule has 0 radical (unpaired) electrons. The number of hydrogen-bond donors (Lipinski definition) is 0. The van der Waals surface area contributed by atoms with Crippen molar-refractivity contribution in [3.8, 4) is 0 Å². The predicted molar refractivity (Wildman–Crippen MR) is 44.5 cm³/mol. The summed E-state index contributed by atoms with van der Waals surface area (Å²) in [7, 11) is 0. The third-order valence-corrected chi connectivity index (χ3v) is 0.951. The van der Waals surface area contributed by atoms with Crippen molar-refractivity contribution in [3.63, 3.8) is 0 Å². The molecule has 2 nitrogen and oxygen atoms in total. The molecule has 0 saturated carbocycles. The largest absolute Gasteiger partial charge is 0.479 e. The molecule has 0 amide bonds. The Labute approximate surface area is 63.3 Å². The van der Waals surface area contributed by atoms with Gasteiger partial charge in [-0.25, -0.2) is 0 Å². The van der Waals surface area contributed by atoms with Gasteiger partial charge in [-0.3, -0.25) is 4.99 Å². The molecule has 0 atom stereocenters. The second kappa shape index (κ2) is 6.59. The second-order valence-electron chi connectivity index (χ2n) is 2.18. The van der Waals surface area contributed by atoms with Crippen LogP contribution in [0.1, 0.15) is 33.6 Å². The highest BCUT2D eigenvalue weighted by Crippen LogP contribution is 1.95. The van der Waals surface area contributed by atoms with Gasteiger partial charge in [0.25, 0.3) is 0 Å². The number of nitrogens with zero attached hydrogens (tertiary/aromatic N) is 1. The molecule has 0 aromatic heterocycles. The van der Waals surface area contributed by atoms with Gasteiger partial charge >= 0.3 is 0 Å². The lowest BCUT2D eigenvalue weighted by molar-refractivity contribution is 0.340. The zero-order valence-corrected chi connectivity index (χ0v) is 7.18. The first-order valence-corrected chi connectivity index (χ1v) is 4.01. The number of rotatable bonds is 1. The van der Waals surface area contributed by atoms with E-state index in [0.29, 0.717) is 0 Å². The third kappa shape index (κ3) is 4.36. The lowest BCUT2D eigenvalue weighted by atomic mass is 10.5. The molecule has 0 N–H and O–H groups in total. The molecule has 0 unspecified atom stereocenters. The van der Waals surface area contributed by atoms with Gasteiger partial charge in [0.1, 0.15) is 6.61 Å². The lowest BCUT2D eigenvalue weighted by Gasteiger charge is -1.91. The van der Waals surface area contributed by atoms with Crippen LogP contribution < -0.4 is 0 Å². The molecular formula is C8H17NO. The maximum atomic E-state index is 5.05. The molecular weight excluding hydrogens is 126 g/mol. The van der Waals surface area contributed by atoms with Gasteiger partial charge in [-0.15, -0.1) is 0 Å². The van der Waals surface area contributed by atoms with Gasteiger partial charge in [0.15, 0.2) is 5.90 Å². The number of hydrogen-bond acceptors (Lipinski definition) is 2. The maximum Gasteiger partial charge on any atom is 0.183 e. The van der Waals surface area contributed by atoms with Crippen molar-refractivity contribution in [3.05, 3.63) is 0 Å².